The van der Waals surface area contributed by atoms with Gasteiger partial charge in [0, 0.05) is 5.69 Å². The number of para-hydroxylation sites is 1. The Morgan fingerprint density at radius 2 is 1.81 bits per heavy atom. The predicted molar refractivity (Wildman–Crippen MR) is 76.9 cm³/mol. The third-order valence-corrected chi connectivity index (χ3v) is 2.67. The summed E-state index contributed by atoms with van der Waals surface area (Å²) in [6.07, 6.45) is 1.55. The number of rotatable bonds is 4. The van der Waals surface area contributed by atoms with E-state index in [1.807, 2.05) is 30.3 Å². The molecule has 104 valence electrons. The summed E-state index contributed by atoms with van der Waals surface area (Å²) in [7, 11) is 0. The van der Waals surface area contributed by atoms with Crippen LogP contribution in [0.2, 0.25) is 0 Å². The van der Waals surface area contributed by atoms with Gasteiger partial charge in [-0.1, -0.05) is 40.2 Å². The van der Waals surface area contributed by atoms with Crippen LogP contribution in [0.5, 0.6) is 0 Å². The second-order valence-corrected chi connectivity index (χ2v) is 4.18. The van der Waals surface area contributed by atoms with E-state index in [2.05, 4.69) is 25.9 Å². The van der Waals surface area contributed by atoms with E-state index in [9.17, 15) is 4.39 Å². The highest BCUT2D eigenvalue weighted by Crippen LogP contribution is 2.12. The van der Waals surface area contributed by atoms with Crippen LogP contribution in [-0.2, 0) is 0 Å². The van der Waals surface area contributed by atoms with Crippen LogP contribution in [-0.4, -0.2) is 26.5 Å². The molecule has 2 aromatic carbocycles. The Labute approximate surface area is 119 Å². The van der Waals surface area contributed by atoms with Crippen molar-refractivity contribution in [2.75, 3.05) is 5.32 Å². The minimum Gasteiger partial charge on any atom is -0.321 e. The monoisotopic (exact) mass is 282 g/mol. The van der Waals surface area contributed by atoms with Gasteiger partial charge in [0.15, 0.2) is 0 Å². The molecule has 1 heterocycles. The minimum absolute atomic E-state index is 0.291. The van der Waals surface area contributed by atoms with Crippen LogP contribution in [0.1, 0.15) is 5.56 Å². The van der Waals surface area contributed by atoms with E-state index < -0.39 is 0 Å². The number of anilines is 2. The number of hydrogen-bond donors (Lipinski definition) is 1. The van der Waals surface area contributed by atoms with E-state index in [0.29, 0.717) is 5.95 Å². The molecule has 0 spiro atoms. The maximum absolute atomic E-state index is 12.8. The van der Waals surface area contributed by atoms with Crippen LogP contribution in [0.25, 0.3) is 0 Å². The second-order valence-electron chi connectivity index (χ2n) is 4.18. The summed E-state index contributed by atoms with van der Waals surface area (Å²) in [6.45, 7) is 0. The summed E-state index contributed by atoms with van der Waals surface area (Å²) in [6, 6.07) is 15.5. The Morgan fingerprint density at radius 3 is 2.57 bits per heavy atom. The van der Waals surface area contributed by atoms with Gasteiger partial charge in [-0.25, -0.2) is 4.39 Å². The lowest BCUT2D eigenvalue weighted by Gasteiger charge is -2.02. The Bertz CT molecular complexity index is 736. The first-order valence-corrected chi connectivity index (χ1v) is 6.22. The van der Waals surface area contributed by atoms with Crippen LogP contribution in [0.3, 0.4) is 0 Å². The number of nitrogens with zero attached hydrogens (tertiary/aromatic N) is 5. The zero-order chi connectivity index (χ0) is 14.5. The molecule has 0 aliphatic heterocycles. The number of nitrogens with one attached hydrogen (secondary N) is 1. The first-order chi connectivity index (χ1) is 10.3. The molecular formula is C14H11FN6. The van der Waals surface area contributed by atoms with Crippen molar-refractivity contribution in [3.63, 3.8) is 0 Å². The van der Waals surface area contributed by atoms with Crippen LogP contribution < -0.4 is 5.32 Å². The fourth-order valence-corrected chi connectivity index (χ4v) is 1.66. The summed E-state index contributed by atoms with van der Waals surface area (Å²) in [5, 5.41) is 18.4. The zero-order valence-electron chi connectivity index (χ0n) is 10.9. The predicted octanol–water partition coefficient (Wildman–Crippen LogP) is 2.44. The van der Waals surface area contributed by atoms with E-state index in [1.54, 1.807) is 18.3 Å². The second kappa shape index (κ2) is 5.91. The molecule has 3 aromatic rings. The Morgan fingerprint density at radius 1 is 1.05 bits per heavy atom. The minimum atomic E-state index is -0.291. The van der Waals surface area contributed by atoms with Crippen LogP contribution in [0.15, 0.2) is 59.7 Å². The largest absolute Gasteiger partial charge is 0.321 e. The standard InChI is InChI=1S/C14H11FN6/c15-12-8-6-11(7-9-12)10-16-21-14(18-19-20-21)17-13-4-2-1-3-5-13/h1-10H,(H,17,18,20). The molecule has 21 heavy (non-hydrogen) atoms. The average Bonchev–Trinajstić information content (AvgIpc) is 2.95. The number of tetrazole rings is 1. The molecule has 0 saturated carbocycles. The lowest BCUT2D eigenvalue weighted by Crippen LogP contribution is -2.01. The van der Waals surface area contributed by atoms with Gasteiger partial charge >= 0.3 is 0 Å². The molecule has 0 aliphatic carbocycles. The van der Waals surface area contributed by atoms with Gasteiger partial charge in [-0.15, -0.1) is 0 Å². The van der Waals surface area contributed by atoms with Crippen molar-refractivity contribution in [3.05, 3.63) is 66.0 Å². The van der Waals surface area contributed by atoms with E-state index in [4.69, 9.17) is 0 Å². The van der Waals surface area contributed by atoms with Crippen molar-refractivity contribution in [3.8, 4) is 0 Å². The first kappa shape index (κ1) is 12.9. The number of halogens is 1. The number of aromatic nitrogens is 4. The molecule has 0 amide bonds. The topological polar surface area (TPSA) is 68.0 Å². The Hall–Kier alpha value is -3.09. The highest BCUT2D eigenvalue weighted by molar-refractivity contribution is 5.79. The fraction of sp³-hybridized carbons (Fsp3) is 0. The molecule has 0 aliphatic rings. The van der Waals surface area contributed by atoms with Gasteiger partial charge in [-0.2, -0.15) is 5.10 Å². The van der Waals surface area contributed by atoms with E-state index in [0.717, 1.165) is 11.3 Å². The maximum atomic E-state index is 12.8. The van der Waals surface area contributed by atoms with Gasteiger partial charge in [0.05, 0.1) is 6.21 Å². The molecule has 6 nitrogen and oxygen atoms in total. The van der Waals surface area contributed by atoms with Crippen molar-refractivity contribution >= 4 is 17.9 Å². The summed E-state index contributed by atoms with van der Waals surface area (Å²) in [5.41, 5.74) is 1.60. The number of benzene rings is 2. The third-order valence-electron chi connectivity index (χ3n) is 2.67. The van der Waals surface area contributed by atoms with Crippen LogP contribution in [0.4, 0.5) is 16.0 Å². The van der Waals surface area contributed by atoms with Gasteiger partial charge in [-0.3, -0.25) is 0 Å². The molecule has 0 unspecified atom stereocenters. The van der Waals surface area contributed by atoms with E-state index in [1.165, 1.54) is 16.9 Å². The van der Waals surface area contributed by atoms with Crippen LogP contribution in [0, 0.1) is 5.82 Å². The van der Waals surface area contributed by atoms with Gasteiger partial charge in [-0.05, 0) is 40.3 Å². The smallest absolute Gasteiger partial charge is 0.269 e. The van der Waals surface area contributed by atoms with Crippen molar-refractivity contribution in [2.45, 2.75) is 0 Å². The van der Waals surface area contributed by atoms with Gasteiger partial charge in [0.25, 0.3) is 5.95 Å². The molecule has 1 N–H and O–H groups in total. The van der Waals surface area contributed by atoms with Crippen molar-refractivity contribution in [2.24, 2.45) is 5.10 Å². The molecule has 0 saturated heterocycles. The summed E-state index contributed by atoms with van der Waals surface area (Å²) in [5.74, 6) is 0.0977. The fourth-order valence-electron chi connectivity index (χ4n) is 1.66. The molecule has 3 rings (SSSR count). The van der Waals surface area contributed by atoms with Crippen molar-refractivity contribution in [1.29, 1.82) is 0 Å². The van der Waals surface area contributed by atoms with Crippen molar-refractivity contribution in [1.82, 2.24) is 20.3 Å². The summed E-state index contributed by atoms with van der Waals surface area (Å²) >= 11 is 0. The Balaban J connectivity index is 1.78. The SMILES string of the molecule is Fc1ccc(C=Nn2nnnc2Nc2ccccc2)cc1. The first-order valence-electron chi connectivity index (χ1n) is 6.22. The summed E-state index contributed by atoms with van der Waals surface area (Å²) < 4.78 is 12.8. The van der Waals surface area contributed by atoms with Crippen LogP contribution >= 0.6 is 0 Å². The number of hydrogen-bond acceptors (Lipinski definition) is 5. The van der Waals surface area contributed by atoms with Gasteiger partial charge in [0.1, 0.15) is 5.82 Å². The molecular weight excluding hydrogens is 271 g/mol. The van der Waals surface area contributed by atoms with Gasteiger partial charge < -0.3 is 5.32 Å². The molecule has 0 fully saturated rings. The molecule has 0 atom stereocenters. The highest BCUT2D eigenvalue weighted by atomic mass is 19.1. The lowest BCUT2D eigenvalue weighted by atomic mass is 10.2. The Kier molecular flexibility index (Phi) is 3.64. The average molecular weight is 282 g/mol. The van der Waals surface area contributed by atoms with Crippen molar-refractivity contribution < 1.29 is 4.39 Å². The van der Waals surface area contributed by atoms with Gasteiger partial charge in [0.2, 0.25) is 0 Å². The quantitative estimate of drug-likeness (QED) is 0.746. The van der Waals surface area contributed by atoms with E-state index >= 15 is 0 Å². The highest BCUT2D eigenvalue weighted by Gasteiger charge is 2.04. The lowest BCUT2D eigenvalue weighted by molar-refractivity contribution is 0.628. The summed E-state index contributed by atoms with van der Waals surface area (Å²) in [4.78, 5) is 1.26. The third kappa shape index (κ3) is 3.27. The zero-order valence-corrected chi connectivity index (χ0v) is 10.9. The molecule has 1 aromatic heterocycles. The molecule has 0 bridgehead atoms. The maximum Gasteiger partial charge on any atom is 0.269 e. The van der Waals surface area contributed by atoms with E-state index in [-0.39, 0.29) is 5.82 Å². The molecule has 7 heteroatoms. The normalized spacial score (nSPS) is 10.9. The molecule has 0 radical (unpaired) electrons.